The Kier molecular flexibility index (Phi) is 2.80. The molecule has 0 aliphatic carbocycles. The summed E-state index contributed by atoms with van der Waals surface area (Å²) in [6.45, 7) is 0.522. The van der Waals surface area contributed by atoms with Crippen molar-refractivity contribution in [2.75, 3.05) is 18.5 Å². The number of carboxylic acids is 1. The number of hydrogen-bond donors (Lipinski definition) is 1. The number of thioether (sulfide) groups is 1. The first-order valence-corrected chi connectivity index (χ1v) is 5.74. The maximum absolute atomic E-state index is 10.9. The number of anilines is 1. The normalized spacial score (nSPS) is 19.9. The average Bonchev–Trinajstić information content (AvgIpc) is 2.16. The van der Waals surface area contributed by atoms with Crippen molar-refractivity contribution in [3.8, 4) is 0 Å². The van der Waals surface area contributed by atoms with Gasteiger partial charge < -0.3 is 10.0 Å². The number of fused-ring (bicyclic) bond motifs is 1. The highest BCUT2D eigenvalue weighted by molar-refractivity contribution is 8.00. The standard InChI is InChI=1S/C10H10ClNO2S/c1-12-5-9(10(13)14)15-8-4-6(11)2-3-7(8)12/h2-4,9H,5H2,1H3,(H,13,14). The maximum atomic E-state index is 10.9. The number of nitrogens with zero attached hydrogens (tertiary/aromatic N) is 1. The molecule has 0 saturated heterocycles. The Bertz CT molecular complexity index is 410. The molecule has 1 atom stereocenters. The highest BCUT2D eigenvalue weighted by atomic mass is 35.5. The van der Waals surface area contributed by atoms with Crippen LogP contribution in [0.2, 0.25) is 5.02 Å². The van der Waals surface area contributed by atoms with Gasteiger partial charge in [-0.2, -0.15) is 0 Å². The quantitative estimate of drug-likeness (QED) is 0.822. The lowest BCUT2D eigenvalue weighted by Gasteiger charge is -2.30. The van der Waals surface area contributed by atoms with E-state index in [2.05, 4.69) is 0 Å². The summed E-state index contributed by atoms with van der Waals surface area (Å²) in [6.07, 6.45) is 0. The molecule has 0 bridgehead atoms. The van der Waals surface area contributed by atoms with Crippen molar-refractivity contribution >= 4 is 35.0 Å². The highest BCUT2D eigenvalue weighted by Crippen LogP contribution is 2.39. The molecule has 0 fully saturated rings. The molecule has 1 heterocycles. The highest BCUT2D eigenvalue weighted by Gasteiger charge is 2.27. The zero-order valence-corrected chi connectivity index (χ0v) is 9.68. The summed E-state index contributed by atoms with van der Waals surface area (Å²) in [6, 6.07) is 5.55. The minimum Gasteiger partial charge on any atom is -0.480 e. The first-order chi connectivity index (χ1) is 7.08. The number of aliphatic carboxylic acids is 1. The molecule has 80 valence electrons. The van der Waals surface area contributed by atoms with Gasteiger partial charge in [-0.3, -0.25) is 4.79 Å². The third-order valence-electron chi connectivity index (χ3n) is 2.32. The molecule has 0 saturated carbocycles. The molecule has 3 nitrogen and oxygen atoms in total. The largest absolute Gasteiger partial charge is 0.480 e. The van der Waals surface area contributed by atoms with Crippen LogP contribution < -0.4 is 4.90 Å². The molecule has 0 amide bonds. The first-order valence-electron chi connectivity index (χ1n) is 4.48. The van der Waals surface area contributed by atoms with Gasteiger partial charge in [0.25, 0.3) is 0 Å². The fourth-order valence-corrected chi connectivity index (χ4v) is 3.05. The van der Waals surface area contributed by atoms with Crippen LogP contribution in [0, 0.1) is 0 Å². The molecule has 0 radical (unpaired) electrons. The zero-order valence-electron chi connectivity index (χ0n) is 8.11. The van der Waals surface area contributed by atoms with Crippen molar-refractivity contribution in [2.45, 2.75) is 10.1 Å². The summed E-state index contributed by atoms with van der Waals surface area (Å²) < 4.78 is 0. The van der Waals surface area contributed by atoms with Crippen LogP contribution >= 0.6 is 23.4 Å². The van der Waals surface area contributed by atoms with E-state index in [1.807, 2.05) is 30.1 Å². The maximum Gasteiger partial charge on any atom is 0.318 e. The van der Waals surface area contributed by atoms with Crippen LogP contribution in [-0.4, -0.2) is 29.9 Å². The van der Waals surface area contributed by atoms with E-state index in [9.17, 15) is 4.79 Å². The predicted octanol–water partition coefficient (Wildman–Crippen LogP) is 2.34. The second-order valence-corrected chi connectivity index (χ2v) is 5.12. The van der Waals surface area contributed by atoms with Crippen LogP contribution in [0.15, 0.2) is 23.1 Å². The van der Waals surface area contributed by atoms with E-state index in [0.717, 1.165) is 10.6 Å². The van der Waals surface area contributed by atoms with E-state index in [-0.39, 0.29) is 0 Å². The number of carboxylic acid groups (broad SMARTS) is 1. The summed E-state index contributed by atoms with van der Waals surface area (Å²) >= 11 is 7.23. The minimum absolute atomic E-state index is 0.416. The molecule has 1 aliphatic heterocycles. The van der Waals surface area contributed by atoms with E-state index in [4.69, 9.17) is 16.7 Å². The number of hydrogen-bond acceptors (Lipinski definition) is 3. The summed E-state index contributed by atoms with van der Waals surface area (Å²) in [4.78, 5) is 13.8. The Balaban J connectivity index is 2.37. The second-order valence-electron chi connectivity index (χ2n) is 3.44. The molecule has 15 heavy (non-hydrogen) atoms. The van der Waals surface area contributed by atoms with Gasteiger partial charge in [0.05, 0.1) is 5.69 Å². The van der Waals surface area contributed by atoms with Gasteiger partial charge in [-0.15, -0.1) is 11.8 Å². The van der Waals surface area contributed by atoms with Crippen molar-refractivity contribution in [3.05, 3.63) is 23.2 Å². The van der Waals surface area contributed by atoms with Gasteiger partial charge in [-0.05, 0) is 18.2 Å². The predicted molar refractivity (Wildman–Crippen MR) is 62.0 cm³/mol. The van der Waals surface area contributed by atoms with Crippen molar-refractivity contribution in [2.24, 2.45) is 0 Å². The summed E-state index contributed by atoms with van der Waals surface area (Å²) in [7, 11) is 1.89. The Labute approximate surface area is 97.0 Å². The van der Waals surface area contributed by atoms with Crippen molar-refractivity contribution < 1.29 is 9.90 Å². The smallest absolute Gasteiger partial charge is 0.318 e. The molecule has 5 heteroatoms. The van der Waals surface area contributed by atoms with Crippen LogP contribution in [0.3, 0.4) is 0 Å². The Morgan fingerprint density at radius 2 is 2.40 bits per heavy atom. The number of rotatable bonds is 1. The molecular formula is C10H10ClNO2S. The molecule has 1 unspecified atom stereocenters. The van der Waals surface area contributed by atoms with E-state index < -0.39 is 11.2 Å². The topological polar surface area (TPSA) is 40.5 Å². The number of benzene rings is 1. The van der Waals surface area contributed by atoms with Crippen molar-refractivity contribution in [1.82, 2.24) is 0 Å². The van der Waals surface area contributed by atoms with Gasteiger partial charge in [0.2, 0.25) is 0 Å². The number of carbonyl (C=O) groups is 1. The molecule has 1 aromatic rings. The molecule has 1 N–H and O–H groups in total. The number of halogens is 1. The molecule has 1 aromatic carbocycles. The van der Waals surface area contributed by atoms with Crippen LogP contribution in [0.4, 0.5) is 5.69 Å². The Morgan fingerprint density at radius 3 is 3.07 bits per heavy atom. The minimum atomic E-state index is -0.780. The summed E-state index contributed by atoms with van der Waals surface area (Å²) in [5.74, 6) is -0.780. The van der Waals surface area contributed by atoms with Gasteiger partial charge >= 0.3 is 5.97 Å². The van der Waals surface area contributed by atoms with Crippen LogP contribution in [-0.2, 0) is 4.79 Å². The fourth-order valence-electron chi connectivity index (χ4n) is 1.56. The van der Waals surface area contributed by atoms with Gasteiger partial charge in [-0.1, -0.05) is 11.6 Å². The SMILES string of the molecule is CN1CC(C(=O)O)Sc2cc(Cl)ccc21. The van der Waals surface area contributed by atoms with Gasteiger partial charge in [0.1, 0.15) is 5.25 Å². The zero-order chi connectivity index (χ0) is 11.0. The Morgan fingerprint density at radius 1 is 1.67 bits per heavy atom. The second kappa shape index (κ2) is 3.94. The monoisotopic (exact) mass is 243 g/mol. The van der Waals surface area contributed by atoms with Crippen LogP contribution in [0.1, 0.15) is 0 Å². The van der Waals surface area contributed by atoms with Crippen molar-refractivity contribution in [1.29, 1.82) is 0 Å². The van der Waals surface area contributed by atoms with Gasteiger partial charge in [0.15, 0.2) is 0 Å². The van der Waals surface area contributed by atoms with Crippen LogP contribution in [0.25, 0.3) is 0 Å². The van der Waals surface area contributed by atoms with E-state index in [1.54, 1.807) is 0 Å². The first kappa shape index (κ1) is 10.6. The molecule has 2 rings (SSSR count). The Hall–Kier alpha value is -0.870. The fraction of sp³-hybridized carbons (Fsp3) is 0.300. The van der Waals surface area contributed by atoms with Crippen LogP contribution in [0.5, 0.6) is 0 Å². The third kappa shape index (κ3) is 2.06. The summed E-state index contributed by atoms with van der Waals surface area (Å²) in [5, 5.41) is 9.19. The molecule has 0 spiro atoms. The van der Waals surface area contributed by atoms with Gasteiger partial charge in [0, 0.05) is 23.5 Å². The third-order valence-corrected chi connectivity index (χ3v) is 3.77. The van der Waals surface area contributed by atoms with Gasteiger partial charge in [-0.25, -0.2) is 0 Å². The lowest BCUT2D eigenvalue weighted by Crippen LogP contribution is -2.35. The average molecular weight is 244 g/mol. The lowest BCUT2D eigenvalue weighted by atomic mass is 10.2. The molecule has 0 aromatic heterocycles. The lowest BCUT2D eigenvalue weighted by molar-refractivity contribution is -0.136. The van der Waals surface area contributed by atoms with Crippen molar-refractivity contribution in [3.63, 3.8) is 0 Å². The molecular weight excluding hydrogens is 234 g/mol. The summed E-state index contributed by atoms with van der Waals surface area (Å²) in [5.41, 5.74) is 1.04. The van der Waals surface area contributed by atoms with E-state index in [1.165, 1.54) is 11.8 Å². The van der Waals surface area contributed by atoms with E-state index in [0.29, 0.717) is 11.6 Å². The molecule has 1 aliphatic rings. The van der Waals surface area contributed by atoms with E-state index >= 15 is 0 Å².